The Morgan fingerprint density at radius 3 is 0.833 bits per heavy atom. The van der Waals surface area contributed by atoms with Crippen molar-refractivity contribution in [3.05, 3.63) is 95.7 Å². The predicted molar refractivity (Wildman–Crippen MR) is 380 cm³/mol. The van der Waals surface area contributed by atoms with E-state index in [1.54, 1.807) is 0 Å². The molecule has 0 aliphatic carbocycles. The first-order valence-corrected chi connectivity index (χ1v) is 38.5. The summed E-state index contributed by atoms with van der Waals surface area (Å²) < 4.78 is 19.0. The number of thiophene rings is 4. The molecular formula is C78H114O2S4. The van der Waals surface area contributed by atoms with Gasteiger partial charge < -0.3 is 9.47 Å². The van der Waals surface area contributed by atoms with Gasteiger partial charge >= 0.3 is 0 Å². The lowest BCUT2D eigenvalue weighted by Crippen LogP contribution is -2.12. The molecule has 2 nitrogen and oxygen atoms in total. The van der Waals surface area contributed by atoms with Crippen molar-refractivity contribution in [2.75, 3.05) is 13.2 Å². The Hall–Kier alpha value is -3.42. The van der Waals surface area contributed by atoms with Gasteiger partial charge in [-0.3, -0.25) is 0 Å². The molecular weight excluding hydrogens is 1100 g/mol. The molecule has 0 amide bonds. The zero-order valence-corrected chi connectivity index (χ0v) is 56.8. The highest BCUT2D eigenvalue weighted by atomic mass is 32.1. The molecule has 4 heterocycles. The van der Waals surface area contributed by atoms with Gasteiger partial charge in [0, 0.05) is 39.7 Å². The summed E-state index contributed by atoms with van der Waals surface area (Å²) in [6.07, 6.45) is 55.0. The third-order valence-electron chi connectivity index (χ3n) is 18.1. The van der Waals surface area contributed by atoms with Gasteiger partial charge in [0.2, 0.25) is 0 Å². The van der Waals surface area contributed by atoms with E-state index >= 15 is 0 Å². The van der Waals surface area contributed by atoms with Crippen LogP contribution in [-0.4, -0.2) is 13.2 Å². The van der Waals surface area contributed by atoms with E-state index in [2.05, 4.69) is 123 Å². The van der Waals surface area contributed by atoms with Gasteiger partial charge in [0.15, 0.2) is 0 Å². The molecule has 0 radical (unpaired) electrons. The molecule has 6 heteroatoms. The number of unbranched alkanes of at least 4 members (excludes halogenated alkanes) is 32. The van der Waals surface area contributed by atoms with Crippen molar-refractivity contribution in [2.45, 2.75) is 285 Å². The van der Waals surface area contributed by atoms with Crippen molar-refractivity contribution in [1.29, 1.82) is 0 Å². The lowest BCUT2D eigenvalue weighted by molar-refractivity contribution is 0.224. The predicted octanol–water partition coefficient (Wildman–Crippen LogP) is 28.6. The van der Waals surface area contributed by atoms with Crippen LogP contribution in [0, 0.1) is 11.8 Å². The number of hydrogen-bond acceptors (Lipinski definition) is 6. The molecule has 4 aromatic heterocycles. The van der Waals surface area contributed by atoms with Crippen LogP contribution in [0.1, 0.15) is 285 Å². The van der Waals surface area contributed by atoms with E-state index in [1.807, 2.05) is 45.3 Å². The second-order valence-electron chi connectivity index (χ2n) is 25.3. The smallest absolute Gasteiger partial charge is 0.119 e. The first-order chi connectivity index (χ1) is 41.6. The van der Waals surface area contributed by atoms with Crippen LogP contribution in [0.3, 0.4) is 0 Å². The lowest BCUT2D eigenvalue weighted by Gasteiger charge is -2.19. The lowest BCUT2D eigenvalue weighted by atomic mass is 9.89. The van der Waals surface area contributed by atoms with Gasteiger partial charge in [-0.25, -0.2) is 0 Å². The molecule has 3 aromatic carbocycles. The summed E-state index contributed by atoms with van der Waals surface area (Å²) >= 11 is 7.55. The molecule has 7 aromatic rings. The Labute approximate surface area is 529 Å². The van der Waals surface area contributed by atoms with Crippen LogP contribution in [0.15, 0.2) is 95.7 Å². The van der Waals surface area contributed by atoms with E-state index in [9.17, 15) is 0 Å². The summed E-state index contributed by atoms with van der Waals surface area (Å²) in [6, 6.07) is 32.8. The molecule has 462 valence electrons. The number of rotatable bonds is 50. The standard InChI is InChI=1S/C78H114O2S4/c1-5-9-13-17-21-25-27-31-35-39-43-63(41-37-33-29-23-19-15-11-7-3)61-79-67-49-45-65(46-50-67)69-57-72(76-60-78-74(84-76)54-56-82-78)70(58-71(69)75-59-77-73(83-75)53-55-81-77)66-47-51-68(52-48-66)80-62-64(42-38-34-30-24-20-16-12-8-4)44-40-36-32-28-26-22-18-14-10-6-2/h45-60,63-64H,5-44,61-62H2,1-4H3. The second kappa shape index (κ2) is 41.7. The normalized spacial score (nSPS) is 12.5. The van der Waals surface area contributed by atoms with Crippen molar-refractivity contribution < 1.29 is 9.47 Å². The Morgan fingerprint density at radius 2 is 0.560 bits per heavy atom. The minimum absolute atomic E-state index is 0.620. The van der Waals surface area contributed by atoms with E-state index in [0.717, 1.165) is 24.7 Å². The average Bonchev–Trinajstić information content (AvgIpc) is 4.13. The highest BCUT2D eigenvalue weighted by Gasteiger charge is 2.21. The Kier molecular flexibility index (Phi) is 33.8. The van der Waals surface area contributed by atoms with Crippen LogP contribution in [0.25, 0.3) is 61.9 Å². The molecule has 0 saturated carbocycles. The fourth-order valence-corrected chi connectivity index (χ4v) is 17.0. The molecule has 0 spiro atoms. The molecule has 0 bridgehead atoms. The van der Waals surface area contributed by atoms with Crippen molar-refractivity contribution in [2.24, 2.45) is 11.8 Å². The topological polar surface area (TPSA) is 18.5 Å². The SMILES string of the molecule is CCCCCCCCCCCCC(CCCCCCCCCC)COc1ccc(-c2cc(-c3cc4sccc4s3)c(-c3ccc(OCC(CCCCCCCCCC)CCCCCCCCCCCC)cc3)cc2-c2cc3sccc3s2)cc1. The number of benzene rings is 3. The molecule has 2 unspecified atom stereocenters. The van der Waals surface area contributed by atoms with E-state index in [1.165, 1.54) is 319 Å². The maximum Gasteiger partial charge on any atom is 0.119 e. The zero-order valence-electron chi connectivity index (χ0n) is 53.5. The third-order valence-corrected chi connectivity index (χ3v) is 22.4. The summed E-state index contributed by atoms with van der Waals surface area (Å²) in [6.45, 7) is 10.9. The Bertz CT molecular complexity index is 2490. The fourth-order valence-electron chi connectivity index (χ4n) is 12.8. The van der Waals surface area contributed by atoms with Crippen LogP contribution < -0.4 is 9.47 Å². The third kappa shape index (κ3) is 24.6. The molecule has 84 heavy (non-hydrogen) atoms. The summed E-state index contributed by atoms with van der Waals surface area (Å²) in [4.78, 5) is 2.65. The van der Waals surface area contributed by atoms with Crippen LogP contribution in [-0.2, 0) is 0 Å². The summed E-state index contributed by atoms with van der Waals surface area (Å²) in [7, 11) is 0. The highest BCUT2D eigenvalue weighted by Crippen LogP contribution is 2.48. The van der Waals surface area contributed by atoms with Crippen LogP contribution >= 0.6 is 45.3 Å². The number of ether oxygens (including phenoxy) is 2. The van der Waals surface area contributed by atoms with Crippen molar-refractivity contribution in [1.82, 2.24) is 0 Å². The zero-order chi connectivity index (χ0) is 58.5. The Balaban J connectivity index is 1.05. The van der Waals surface area contributed by atoms with E-state index in [0.29, 0.717) is 11.8 Å². The molecule has 0 aliphatic rings. The van der Waals surface area contributed by atoms with E-state index in [-0.39, 0.29) is 0 Å². The number of hydrogen-bond donors (Lipinski definition) is 0. The Morgan fingerprint density at radius 1 is 0.286 bits per heavy atom. The number of fused-ring (bicyclic) bond motifs is 2. The van der Waals surface area contributed by atoms with Crippen LogP contribution in [0.5, 0.6) is 11.5 Å². The van der Waals surface area contributed by atoms with E-state index < -0.39 is 0 Å². The monoisotopic (exact) mass is 1210 g/mol. The minimum Gasteiger partial charge on any atom is -0.493 e. The van der Waals surface area contributed by atoms with Crippen LogP contribution in [0.2, 0.25) is 0 Å². The van der Waals surface area contributed by atoms with Crippen molar-refractivity contribution >= 4 is 64.1 Å². The van der Waals surface area contributed by atoms with Gasteiger partial charge in [0.25, 0.3) is 0 Å². The first-order valence-electron chi connectivity index (χ1n) is 35.2. The quantitative estimate of drug-likeness (QED) is 0.0354. The largest absolute Gasteiger partial charge is 0.493 e. The van der Waals surface area contributed by atoms with Crippen molar-refractivity contribution in [3.63, 3.8) is 0 Å². The van der Waals surface area contributed by atoms with Gasteiger partial charge in [0.1, 0.15) is 11.5 Å². The molecule has 0 aliphatic heterocycles. The van der Waals surface area contributed by atoms with Gasteiger partial charge in [-0.15, -0.1) is 45.3 Å². The molecule has 7 rings (SSSR count). The van der Waals surface area contributed by atoms with Gasteiger partial charge in [-0.05, 0) is 131 Å². The molecule has 0 fully saturated rings. The average molecular weight is 1210 g/mol. The van der Waals surface area contributed by atoms with Gasteiger partial charge in [0.05, 0.1) is 13.2 Å². The second-order valence-corrected chi connectivity index (χ2v) is 29.4. The summed E-state index contributed by atoms with van der Waals surface area (Å²) in [5.41, 5.74) is 7.64. The maximum absolute atomic E-state index is 6.78. The first kappa shape index (κ1) is 68.1. The molecule has 0 N–H and O–H groups in total. The van der Waals surface area contributed by atoms with Crippen LogP contribution in [0.4, 0.5) is 0 Å². The fraction of sp³-hybridized carbons (Fsp3) is 0.615. The summed E-state index contributed by atoms with van der Waals surface area (Å²) in [5, 5.41) is 4.47. The van der Waals surface area contributed by atoms with Crippen molar-refractivity contribution in [3.8, 4) is 54.6 Å². The molecule has 2 atom stereocenters. The van der Waals surface area contributed by atoms with Gasteiger partial charge in [-0.1, -0.05) is 283 Å². The van der Waals surface area contributed by atoms with E-state index in [4.69, 9.17) is 9.47 Å². The highest BCUT2D eigenvalue weighted by molar-refractivity contribution is 7.29. The maximum atomic E-state index is 6.78. The van der Waals surface area contributed by atoms with Gasteiger partial charge in [-0.2, -0.15) is 0 Å². The minimum atomic E-state index is 0.620. The molecule has 0 saturated heterocycles. The summed E-state index contributed by atoms with van der Waals surface area (Å²) in [5.74, 6) is 3.23.